The maximum Gasteiger partial charge on any atom is 0.407 e. The van der Waals surface area contributed by atoms with Gasteiger partial charge in [0.1, 0.15) is 5.60 Å². The van der Waals surface area contributed by atoms with Crippen LogP contribution in [0.15, 0.2) is 72.8 Å². The van der Waals surface area contributed by atoms with E-state index in [9.17, 15) is 9.90 Å². The van der Waals surface area contributed by atoms with Crippen molar-refractivity contribution in [2.75, 3.05) is 13.2 Å². The number of allylic oxidation sites excluding steroid dienone is 1. The molecule has 0 aromatic heterocycles. The first-order valence-corrected chi connectivity index (χ1v) is 14.2. The van der Waals surface area contributed by atoms with E-state index in [2.05, 4.69) is 81.2 Å². The van der Waals surface area contributed by atoms with Gasteiger partial charge in [0.15, 0.2) is 0 Å². The van der Waals surface area contributed by atoms with Gasteiger partial charge in [-0.3, -0.25) is 0 Å². The molecule has 0 radical (unpaired) electrons. The number of hydrogen-bond acceptors (Lipinski definition) is 4. The molecule has 0 spiro atoms. The van der Waals surface area contributed by atoms with Crippen molar-refractivity contribution >= 4 is 24.8 Å². The van der Waals surface area contributed by atoms with E-state index in [1.54, 1.807) is 0 Å². The lowest BCUT2D eigenvalue weighted by atomic mass is 9.94. The summed E-state index contributed by atoms with van der Waals surface area (Å²) in [6, 6.07) is 20.4. The predicted molar refractivity (Wildman–Crippen MR) is 147 cm³/mol. The second kappa shape index (κ2) is 12.0. The van der Waals surface area contributed by atoms with E-state index in [-0.39, 0.29) is 17.6 Å². The first-order valence-electron chi connectivity index (χ1n) is 12.3. The molecule has 2 rings (SSSR count). The first kappa shape index (κ1) is 28.8. The molecule has 2 aromatic carbocycles. The number of ether oxygens (including phenoxy) is 1. The molecule has 6 heteroatoms. The normalized spacial score (nSPS) is 14.2. The molecular weight excluding hydrogens is 454 g/mol. The summed E-state index contributed by atoms with van der Waals surface area (Å²) in [5.41, 5.74) is 0.338. The second-order valence-electron chi connectivity index (χ2n) is 11.3. The van der Waals surface area contributed by atoms with Crippen LogP contribution in [0.3, 0.4) is 0 Å². The van der Waals surface area contributed by atoms with Crippen molar-refractivity contribution in [1.29, 1.82) is 0 Å². The summed E-state index contributed by atoms with van der Waals surface area (Å²) < 4.78 is 12.5. The van der Waals surface area contributed by atoms with Gasteiger partial charge in [-0.2, -0.15) is 0 Å². The van der Waals surface area contributed by atoms with Gasteiger partial charge in [-0.15, -0.1) is 6.58 Å². The van der Waals surface area contributed by atoms with Crippen LogP contribution in [0.4, 0.5) is 4.79 Å². The number of benzene rings is 2. The number of hydrogen-bond donors (Lipinski definition) is 2. The molecule has 0 fully saturated rings. The van der Waals surface area contributed by atoms with Crippen LogP contribution in [0.25, 0.3) is 0 Å². The highest BCUT2D eigenvalue weighted by Gasteiger charge is 2.50. The summed E-state index contributed by atoms with van der Waals surface area (Å²) in [4.78, 5) is 12.5. The number of alkyl carbamates (subject to hydrolysis) is 1. The molecule has 0 unspecified atom stereocenters. The van der Waals surface area contributed by atoms with E-state index >= 15 is 0 Å². The Hall–Kier alpha value is -2.41. The Morgan fingerprint density at radius 3 is 1.83 bits per heavy atom. The Kier molecular flexibility index (Phi) is 9.90. The summed E-state index contributed by atoms with van der Waals surface area (Å²) in [7, 11) is -2.76. The van der Waals surface area contributed by atoms with Crippen molar-refractivity contribution in [3.63, 3.8) is 0 Å². The Bertz CT molecular complexity index is 909. The maximum atomic E-state index is 12.5. The van der Waals surface area contributed by atoms with Crippen LogP contribution in [0, 0.1) is 5.92 Å². The van der Waals surface area contributed by atoms with Crippen LogP contribution in [0.1, 0.15) is 54.9 Å². The quantitative estimate of drug-likeness (QED) is 0.357. The first-order chi connectivity index (χ1) is 16.3. The molecule has 0 heterocycles. The van der Waals surface area contributed by atoms with Gasteiger partial charge in [-0.05, 0) is 49.5 Å². The summed E-state index contributed by atoms with van der Waals surface area (Å²) in [6.07, 6.45) is 0.0629. The lowest BCUT2D eigenvalue weighted by Gasteiger charge is -2.44. The van der Waals surface area contributed by atoms with Gasteiger partial charge in [-0.25, -0.2) is 4.79 Å². The fourth-order valence-electron chi connectivity index (χ4n) is 4.53. The summed E-state index contributed by atoms with van der Waals surface area (Å²) in [5.74, 6) is -0.174. The molecule has 0 aliphatic heterocycles. The van der Waals surface area contributed by atoms with Crippen LogP contribution < -0.4 is 15.7 Å². The lowest BCUT2D eigenvalue weighted by molar-refractivity contribution is 0.0433. The van der Waals surface area contributed by atoms with E-state index in [4.69, 9.17) is 9.16 Å². The number of carbonyl (C=O) groups excluding carboxylic acids is 1. The third-order valence-electron chi connectivity index (χ3n) is 6.01. The number of amides is 1. The van der Waals surface area contributed by atoms with Gasteiger partial charge in [0.25, 0.3) is 8.32 Å². The summed E-state index contributed by atoms with van der Waals surface area (Å²) >= 11 is 0. The Labute approximate surface area is 212 Å². The van der Waals surface area contributed by atoms with Crippen molar-refractivity contribution in [1.82, 2.24) is 5.32 Å². The Morgan fingerprint density at radius 2 is 1.46 bits per heavy atom. The monoisotopic (exact) mass is 497 g/mol. The molecule has 2 atom stereocenters. The standard InChI is InChI=1S/C29H43NO4Si/c1-22(2)19-23(26(20-31)30-27(32)34-28(3,4)5)21-33-35(29(6,7)8,24-15-11-9-12-16-24)25-17-13-10-14-18-25/h9-18,23,26,31H,1,19-21H2,2-8H3,(H,30,32)/t23-,26+/m1/s1. The average molecular weight is 498 g/mol. The van der Waals surface area contributed by atoms with E-state index < -0.39 is 26.1 Å². The van der Waals surface area contributed by atoms with E-state index in [0.29, 0.717) is 13.0 Å². The van der Waals surface area contributed by atoms with Gasteiger partial charge < -0.3 is 19.6 Å². The predicted octanol–water partition coefficient (Wildman–Crippen LogP) is 5.03. The molecule has 35 heavy (non-hydrogen) atoms. The smallest absolute Gasteiger partial charge is 0.407 e. The van der Waals surface area contributed by atoms with Gasteiger partial charge in [0, 0.05) is 12.5 Å². The maximum absolute atomic E-state index is 12.5. The largest absolute Gasteiger partial charge is 0.444 e. The van der Waals surface area contributed by atoms with Gasteiger partial charge in [0.05, 0.1) is 12.6 Å². The van der Waals surface area contributed by atoms with Crippen LogP contribution in [-0.4, -0.2) is 44.4 Å². The van der Waals surface area contributed by atoms with Crippen LogP contribution >= 0.6 is 0 Å². The fourth-order valence-corrected chi connectivity index (χ4v) is 9.15. The highest BCUT2D eigenvalue weighted by molar-refractivity contribution is 6.99. The molecule has 0 bridgehead atoms. The molecule has 0 saturated carbocycles. The van der Waals surface area contributed by atoms with Gasteiger partial charge in [-0.1, -0.05) is 87.0 Å². The molecule has 2 N–H and O–H groups in total. The number of nitrogens with one attached hydrogen (secondary N) is 1. The highest BCUT2D eigenvalue weighted by Crippen LogP contribution is 2.37. The minimum atomic E-state index is -2.76. The molecule has 0 saturated heterocycles. The minimum absolute atomic E-state index is 0.170. The van der Waals surface area contributed by atoms with Gasteiger partial charge in [0.2, 0.25) is 0 Å². The fraction of sp³-hybridized carbons (Fsp3) is 0.483. The zero-order chi connectivity index (χ0) is 26.3. The van der Waals surface area contributed by atoms with Crippen LogP contribution in [0.5, 0.6) is 0 Å². The summed E-state index contributed by atoms with van der Waals surface area (Å²) in [5, 5.41) is 15.3. The minimum Gasteiger partial charge on any atom is -0.444 e. The molecule has 1 amide bonds. The average Bonchev–Trinajstić information content (AvgIpc) is 2.76. The third-order valence-corrected chi connectivity index (χ3v) is 11.0. The highest BCUT2D eigenvalue weighted by atomic mass is 28.4. The van der Waals surface area contributed by atoms with Crippen molar-refractivity contribution in [2.45, 2.75) is 71.6 Å². The number of aliphatic hydroxyl groups is 1. The molecule has 2 aromatic rings. The SMILES string of the molecule is C=C(C)C[C@H](CO[Si](c1ccccc1)(c1ccccc1)C(C)(C)C)[C@H](CO)NC(=O)OC(C)(C)C. The zero-order valence-electron chi connectivity index (χ0n) is 22.4. The van der Waals surface area contributed by atoms with Crippen molar-refractivity contribution in [2.24, 2.45) is 5.92 Å². The molecular formula is C29H43NO4Si. The summed E-state index contributed by atoms with van der Waals surface area (Å²) in [6.45, 7) is 18.3. The van der Waals surface area contributed by atoms with Gasteiger partial charge >= 0.3 is 6.09 Å². The third kappa shape index (κ3) is 7.79. The number of rotatable bonds is 10. The molecule has 5 nitrogen and oxygen atoms in total. The van der Waals surface area contributed by atoms with Crippen molar-refractivity contribution in [3.8, 4) is 0 Å². The van der Waals surface area contributed by atoms with E-state index in [1.807, 2.05) is 39.8 Å². The second-order valence-corrected chi connectivity index (χ2v) is 15.6. The molecule has 0 aliphatic carbocycles. The Balaban J connectivity index is 2.47. The van der Waals surface area contributed by atoms with Crippen LogP contribution in [-0.2, 0) is 9.16 Å². The Morgan fingerprint density at radius 1 is 0.971 bits per heavy atom. The van der Waals surface area contributed by atoms with Crippen molar-refractivity contribution in [3.05, 3.63) is 72.8 Å². The number of aliphatic hydroxyl groups excluding tert-OH is 1. The molecule has 0 aliphatic rings. The lowest BCUT2D eigenvalue weighted by Crippen LogP contribution is -2.67. The zero-order valence-corrected chi connectivity index (χ0v) is 23.4. The van der Waals surface area contributed by atoms with E-state index in [1.165, 1.54) is 10.4 Å². The topological polar surface area (TPSA) is 67.8 Å². The molecule has 192 valence electrons. The van der Waals surface area contributed by atoms with E-state index in [0.717, 1.165) is 5.57 Å². The van der Waals surface area contributed by atoms with Crippen molar-refractivity contribution < 1.29 is 19.1 Å². The number of carbonyl (C=O) groups is 1. The van der Waals surface area contributed by atoms with Crippen LogP contribution in [0.2, 0.25) is 5.04 Å².